The first-order valence-corrected chi connectivity index (χ1v) is 8.80. The molecular formula is C21H21FN4. The fourth-order valence-corrected chi connectivity index (χ4v) is 3.33. The number of hydrogen-bond donors (Lipinski definition) is 1. The smallest absolute Gasteiger partial charge is 0.123 e. The minimum atomic E-state index is -0.185. The third-order valence-corrected chi connectivity index (χ3v) is 4.61. The number of aromatic nitrogens is 2. The van der Waals surface area contributed by atoms with E-state index in [-0.39, 0.29) is 5.82 Å². The number of aryl methyl sites for hydroxylation is 1. The van der Waals surface area contributed by atoms with Crippen molar-refractivity contribution in [2.75, 3.05) is 18.4 Å². The third-order valence-electron chi connectivity index (χ3n) is 4.61. The fourth-order valence-electron chi connectivity index (χ4n) is 3.33. The van der Waals surface area contributed by atoms with E-state index in [9.17, 15) is 4.39 Å². The predicted octanol–water partition coefficient (Wildman–Crippen LogP) is 4.02. The van der Waals surface area contributed by atoms with Gasteiger partial charge in [0.15, 0.2) is 0 Å². The summed E-state index contributed by atoms with van der Waals surface area (Å²) in [6.07, 6.45) is 3.75. The minimum absolute atomic E-state index is 0.185. The number of pyridine rings is 2. The summed E-state index contributed by atoms with van der Waals surface area (Å²) in [5.74, 6) is -0.185. The molecule has 4 nitrogen and oxygen atoms in total. The molecule has 26 heavy (non-hydrogen) atoms. The highest BCUT2D eigenvalue weighted by Gasteiger charge is 2.16. The Bertz CT molecular complexity index is 925. The van der Waals surface area contributed by atoms with Crippen molar-refractivity contribution < 1.29 is 4.39 Å². The van der Waals surface area contributed by atoms with Crippen LogP contribution in [0.2, 0.25) is 0 Å². The summed E-state index contributed by atoms with van der Waals surface area (Å²) in [7, 11) is 0. The second-order valence-corrected chi connectivity index (χ2v) is 6.68. The summed E-state index contributed by atoms with van der Waals surface area (Å²) in [5.41, 5.74) is 6.27. The lowest BCUT2D eigenvalue weighted by Gasteiger charge is -2.19. The van der Waals surface area contributed by atoms with Gasteiger partial charge < -0.3 is 5.32 Å². The van der Waals surface area contributed by atoms with Gasteiger partial charge in [0.1, 0.15) is 5.82 Å². The van der Waals surface area contributed by atoms with Gasteiger partial charge in [0.25, 0.3) is 0 Å². The number of nitrogens with one attached hydrogen (secondary N) is 1. The average molecular weight is 348 g/mol. The molecule has 3 heterocycles. The maximum Gasteiger partial charge on any atom is 0.123 e. The zero-order valence-electron chi connectivity index (χ0n) is 14.7. The molecule has 3 aromatic rings. The van der Waals surface area contributed by atoms with Gasteiger partial charge in [-0.05, 0) is 42.8 Å². The monoisotopic (exact) mass is 348 g/mol. The lowest BCUT2D eigenvalue weighted by molar-refractivity contribution is 0.271. The van der Waals surface area contributed by atoms with E-state index < -0.39 is 0 Å². The second kappa shape index (κ2) is 7.22. The highest BCUT2D eigenvalue weighted by atomic mass is 19.1. The van der Waals surface area contributed by atoms with E-state index in [2.05, 4.69) is 26.3 Å². The molecule has 0 radical (unpaired) electrons. The number of rotatable bonds is 3. The molecule has 4 rings (SSSR count). The summed E-state index contributed by atoms with van der Waals surface area (Å²) in [6.45, 7) is 5.25. The first kappa shape index (κ1) is 16.7. The number of fused-ring (bicyclic) bond motifs is 1. The van der Waals surface area contributed by atoms with Gasteiger partial charge >= 0.3 is 0 Å². The molecule has 0 aliphatic carbocycles. The molecule has 1 aliphatic rings. The number of hydrogen-bond acceptors (Lipinski definition) is 4. The zero-order valence-corrected chi connectivity index (χ0v) is 14.7. The number of nitrogens with zero attached hydrogens (tertiary/aromatic N) is 3. The van der Waals surface area contributed by atoms with Crippen molar-refractivity contribution in [3.63, 3.8) is 0 Å². The molecule has 0 saturated heterocycles. The first-order valence-electron chi connectivity index (χ1n) is 8.80. The first-order chi connectivity index (χ1) is 12.7. The van der Waals surface area contributed by atoms with Crippen LogP contribution in [0.25, 0.3) is 11.3 Å². The van der Waals surface area contributed by atoms with E-state index in [1.807, 2.05) is 37.5 Å². The molecule has 0 atom stereocenters. The quantitative estimate of drug-likeness (QED) is 0.776. The van der Waals surface area contributed by atoms with Gasteiger partial charge in [-0.15, -0.1) is 0 Å². The van der Waals surface area contributed by atoms with Gasteiger partial charge in [-0.1, -0.05) is 12.1 Å². The van der Waals surface area contributed by atoms with Crippen molar-refractivity contribution in [1.82, 2.24) is 14.9 Å². The van der Waals surface area contributed by atoms with Crippen molar-refractivity contribution >= 4 is 5.69 Å². The summed E-state index contributed by atoms with van der Waals surface area (Å²) in [6, 6.07) is 12.9. The number of anilines is 1. The second-order valence-electron chi connectivity index (χ2n) is 6.68. The fraction of sp³-hybridized carbons (Fsp3) is 0.238. The van der Waals surface area contributed by atoms with Crippen LogP contribution in [0.4, 0.5) is 10.1 Å². The van der Waals surface area contributed by atoms with Crippen LogP contribution in [0.5, 0.6) is 0 Å². The maximum atomic E-state index is 13.4. The molecule has 1 aliphatic heterocycles. The Hall–Kier alpha value is -2.79. The molecule has 2 aromatic heterocycles. The van der Waals surface area contributed by atoms with E-state index in [0.717, 1.165) is 59.9 Å². The van der Waals surface area contributed by atoms with Crippen molar-refractivity contribution in [3.8, 4) is 11.3 Å². The molecule has 0 amide bonds. The van der Waals surface area contributed by atoms with Crippen LogP contribution in [-0.2, 0) is 13.1 Å². The van der Waals surface area contributed by atoms with Crippen LogP contribution in [0.1, 0.15) is 16.8 Å². The van der Waals surface area contributed by atoms with Crippen molar-refractivity contribution in [3.05, 3.63) is 77.5 Å². The van der Waals surface area contributed by atoms with Crippen LogP contribution < -0.4 is 5.32 Å². The van der Waals surface area contributed by atoms with Crippen LogP contribution >= 0.6 is 0 Å². The SMILES string of the molecule is Cc1cc(-c2cc3c(cn2)CN(Cc2cccc(F)c2)CCN3)ccn1. The lowest BCUT2D eigenvalue weighted by Crippen LogP contribution is -2.25. The predicted molar refractivity (Wildman–Crippen MR) is 101 cm³/mol. The summed E-state index contributed by atoms with van der Waals surface area (Å²) in [4.78, 5) is 11.2. The van der Waals surface area contributed by atoms with E-state index >= 15 is 0 Å². The maximum absolute atomic E-state index is 13.4. The number of halogens is 1. The van der Waals surface area contributed by atoms with E-state index in [0.29, 0.717) is 0 Å². The van der Waals surface area contributed by atoms with Gasteiger partial charge in [0.2, 0.25) is 0 Å². The van der Waals surface area contributed by atoms with Crippen molar-refractivity contribution in [2.24, 2.45) is 0 Å². The van der Waals surface area contributed by atoms with Crippen LogP contribution in [0.15, 0.2) is 54.9 Å². The molecular weight excluding hydrogens is 327 g/mol. The molecule has 1 aromatic carbocycles. The Morgan fingerprint density at radius 3 is 2.92 bits per heavy atom. The average Bonchev–Trinajstić information content (AvgIpc) is 2.82. The number of benzene rings is 1. The Morgan fingerprint density at radius 2 is 2.08 bits per heavy atom. The van der Waals surface area contributed by atoms with Crippen LogP contribution in [0.3, 0.4) is 0 Å². The standard InChI is InChI=1S/C21H21FN4/c1-15-9-17(5-6-23-15)20-11-21-18(12-25-20)14-26(8-7-24-21)13-16-3-2-4-19(22)10-16/h2-6,9-12,24H,7-8,13-14H2,1H3. The lowest BCUT2D eigenvalue weighted by atomic mass is 10.1. The highest BCUT2D eigenvalue weighted by molar-refractivity contribution is 5.66. The van der Waals surface area contributed by atoms with E-state index in [1.165, 1.54) is 6.07 Å². The topological polar surface area (TPSA) is 41.1 Å². The largest absolute Gasteiger partial charge is 0.383 e. The van der Waals surface area contributed by atoms with Gasteiger partial charge in [-0.25, -0.2) is 4.39 Å². The van der Waals surface area contributed by atoms with Crippen molar-refractivity contribution in [2.45, 2.75) is 20.0 Å². The third kappa shape index (κ3) is 3.73. The molecule has 5 heteroatoms. The van der Waals surface area contributed by atoms with Gasteiger partial charge in [0.05, 0.1) is 5.69 Å². The molecule has 0 saturated carbocycles. The van der Waals surface area contributed by atoms with Crippen LogP contribution in [0, 0.1) is 12.7 Å². The Morgan fingerprint density at radius 1 is 1.15 bits per heavy atom. The van der Waals surface area contributed by atoms with Crippen LogP contribution in [-0.4, -0.2) is 28.0 Å². The molecule has 0 bridgehead atoms. The molecule has 0 fully saturated rings. The normalized spacial score (nSPS) is 14.4. The summed E-state index contributed by atoms with van der Waals surface area (Å²) in [5, 5.41) is 3.51. The molecule has 0 unspecified atom stereocenters. The van der Waals surface area contributed by atoms with E-state index in [1.54, 1.807) is 12.1 Å². The van der Waals surface area contributed by atoms with E-state index in [4.69, 9.17) is 0 Å². The Labute approximate surface area is 152 Å². The summed E-state index contributed by atoms with van der Waals surface area (Å²) < 4.78 is 13.4. The molecule has 1 N–H and O–H groups in total. The van der Waals surface area contributed by atoms with Crippen molar-refractivity contribution in [1.29, 1.82) is 0 Å². The molecule has 132 valence electrons. The van der Waals surface area contributed by atoms with Gasteiger partial charge in [0, 0.05) is 61.1 Å². The Kier molecular flexibility index (Phi) is 4.63. The zero-order chi connectivity index (χ0) is 17.9. The molecule has 0 spiro atoms. The highest BCUT2D eigenvalue weighted by Crippen LogP contribution is 2.26. The van der Waals surface area contributed by atoms with Gasteiger partial charge in [-0.2, -0.15) is 0 Å². The summed E-state index contributed by atoms with van der Waals surface area (Å²) >= 11 is 0. The Balaban J connectivity index is 1.56. The van der Waals surface area contributed by atoms with Gasteiger partial charge in [-0.3, -0.25) is 14.9 Å². The minimum Gasteiger partial charge on any atom is -0.383 e.